The van der Waals surface area contributed by atoms with Gasteiger partial charge in [0.2, 0.25) is 0 Å². The van der Waals surface area contributed by atoms with Crippen LogP contribution in [0.3, 0.4) is 0 Å². The van der Waals surface area contributed by atoms with E-state index in [1.54, 1.807) is 17.7 Å². The number of hydrogen-bond acceptors (Lipinski definition) is 6. The smallest absolute Gasteiger partial charge is 0.319 e. The number of aryl methyl sites for hydroxylation is 2. The molecular weight excluding hydrogens is 316 g/mol. The van der Waals surface area contributed by atoms with Gasteiger partial charge >= 0.3 is 5.97 Å². The van der Waals surface area contributed by atoms with E-state index in [0.717, 1.165) is 21.7 Å². The van der Waals surface area contributed by atoms with E-state index < -0.39 is 0 Å². The summed E-state index contributed by atoms with van der Waals surface area (Å²) in [7, 11) is 0. The van der Waals surface area contributed by atoms with Gasteiger partial charge in [-0.05, 0) is 31.7 Å². The molecule has 0 spiro atoms. The van der Waals surface area contributed by atoms with Gasteiger partial charge in [0, 0.05) is 10.3 Å². The third kappa shape index (κ3) is 3.79. The molecule has 0 aliphatic rings. The van der Waals surface area contributed by atoms with Crippen molar-refractivity contribution in [2.75, 3.05) is 6.61 Å². The fourth-order valence-corrected chi connectivity index (χ4v) is 4.15. The fraction of sp³-hybridized carbons (Fsp3) is 0.562. The lowest BCUT2D eigenvalue weighted by Gasteiger charge is -2.15. The number of fused-ring (bicyclic) bond motifs is 1. The molecule has 0 saturated heterocycles. The number of carbonyl (C=O) groups is 1. The van der Waals surface area contributed by atoms with Gasteiger partial charge in [0.05, 0.1) is 6.61 Å². The summed E-state index contributed by atoms with van der Waals surface area (Å²) in [6.45, 7) is 10.7. The van der Waals surface area contributed by atoms with E-state index in [1.807, 2.05) is 20.8 Å². The molecule has 1 unspecified atom stereocenters. The summed E-state index contributed by atoms with van der Waals surface area (Å²) in [6, 6.07) is 0. The summed E-state index contributed by atoms with van der Waals surface area (Å²) in [5.74, 6) is 0.191. The molecule has 120 valence electrons. The number of nitrogens with zero attached hydrogens (tertiary/aromatic N) is 2. The minimum Gasteiger partial charge on any atom is -0.465 e. The summed E-state index contributed by atoms with van der Waals surface area (Å²) in [5.41, 5.74) is 1.20. The standard InChI is InChI=1S/C16H22N2O2S2/c1-6-12(16(19)20-7-9(2)3)22-15-13-10(4)11(5)21-14(13)17-8-18-15/h8-9,12H,6-7H2,1-5H3. The van der Waals surface area contributed by atoms with Crippen LogP contribution in [0.15, 0.2) is 11.4 Å². The van der Waals surface area contributed by atoms with Crippen molar-refractivity contribution in [3.05, 3.63) is 16.8 Å². The van der Waals surface area contributed by atoms with Crippen molar-refractivity contribution in [3.63, 3.8) is 0 Å². The SMILES string of the molecule is CCC(Sc1ncnc2sc(C)c(C)c12)C(=O)OCC(C)C. The molecule has 2 heterocycles. The van der Waals surface area contributed by atoms with Crippen molar-refractivity contribution in [1.29, 1.82) is 0 Å². The van der Waals surface area contributed by atoms with Gasteiger partial charge in [-0.2, -0.15) is 0 Å². The van der Waals surface area contributed by atoms with Crippen molar-refractivity contribution in [2.24, 2.45) is 5.92 Å². The number of thioether (sulfide) groups is 1. The molecule has 2 rings (SSSR count). The van der Waals surface area contributed by atoms with Gasteiger partial charge < -0.3 is 4.74 Å². The molecule has 6 heteroatoms. The third-order valence-electron chi connectivity index (χ3n) is 3.38. The summed E-state index contributed by atoms with van der Waals surface area (Å²) < 4.78 is 5.38. The number of esters is 1. The van der Waals surface area contributed by atoms with Crippen molar-refractivity contribution in [2.45, 2.75) is 51.3 Å². The average molecular weight is 338 g/mol. The fourth-order valence-electron chi connectivity index (χ4n) is 2.01. The Hall–Kier alpha value is -1.14. The molecule has 0 N–H and O–H groups in total. The van der Waals surface area contributed by atoms with E-state index in [-0.39, 0.29) is 11.2 Å². The molecule has 0 bridgehead atoms. The Labute approximate surface area is 139 Å². The highest BCUT2D eigenvalue weighted by Crippen LogP contribution is 2.36. The van der Waals surface area contributed by atoms with E-state index in [4.69, 9.17) is 4.74 Å². The van der Waals surface area contributed by atoms with Gasteiger partial charge in [-0.3, -0.25) is 4.79 Å². The first kappa shape index (κ1) is 17.2. The van der Waals surface area contributed by atoms with Gasteiger partial charge in [-0.15, -0.1) is 11.3 Å². The molecule has 0 radical (unpaired) electrons. The maximum absolute atomic E-state index is 12.2. The second-order valence-corrected chi connectivity index (χ2v) is 8.08. The zero-order valence-electron chi connectivity index (χ0n) is 13.7. The summed E-state index contributed by atoms with van der Waals surface area (Å²) in [5, 5.41) is 1.72. The van der Waals surface area contributed by atoms with Gasteiger partial charge in [0.1, 0.15) is 21.4 Å². The van der Waals surface area contributed by atoms with Crippen LogP contribution in [0.5, 0.6) is 0 Å². The minimum absolute atomic E-state index is 0.155. The number of aromatic nitrogens is 2. The Bertz CT molecular complexity index is 667. The zero-order valence-corrected chi connectivity index (χ0v) is 15.3. The normalized spacial score (nSPS) is 12.8. The molecule has 1 atom stereocenters. The van der Waals surface area contributed by atoms with Crippen LogP contribution in [-0.2, 0) is 9.53 Å². The maximum Gasteiger partial charge on any atom is 0.319 e. The minimum atomic E-state index is -0.226. The van der Waals surface area contributed by atoms with Crippen LogP contribution in [0.2, 0.25) is 0 Å². The van der Waals surface area contributed by atoms with Gasteiger partial charge in [-0.1, -0.05) is 32.5 Å². The Morgan fingerprint density at radius 2 is 2.09 bits per heavy atom. The van der Waals surface area contributed by atoms with Crippen LogP contribution in [0.1, 0.15) is 37.6 Å². The highest BCUT2D eigenvalue weighted by atomic mass is 32.2. The lowest BCUT2D eigenvalue weighted by atomic mass is 10.2. The predicted octanol–water partition coefficient (Wildman–Crippen LogP) is 4.38. The van der Waals surface area contributed by atoms with Crippen molar-refractivity contribution in [3.8, 4) is 0 Å². The molecular formula is C16H22N2O2S2. The van der Waals surface area contributed by atoms with Crippen LogP contribution < -0.4 is 0 Å². The van der Waals surface area contributed by atoms with Crippen LogP contribution in [0, 0.1) is 19.8 Å². The largest absolute Gasteiger partial charge is 0.465 e. The predicted molar refractivity (Wildman–Crippen MR) is 92.6 cm³/mol. The molecule has 0 amide bonds. The van der Waals surface area contributed by atoms with E-state index in [0.29, 0.717) is 12.5 Å². The van der Waals surface area contributed by atoms with Crippen molar-refractivity contribution < 1.29 is 9.53 Å². The first-order valence-corrected chi connectivity index (χ1v) is 9.17. The van der Waals surface area contributed by atoms with Gasteiger partial charge in [-0.25, -0.2) is 9.97 Å². The lowest BCUT2D eigenvalue weighted by molar-refractivity contribution is -0.144. The van der Waals surface area contributed by atoms with Crippen LogP contribution in [0.4, 0.5) is 0 Å². The van der Waals surface area contributed by atoms with E-state index in [2.05, 4.69) is 23.8 Å². The lowest BCUT2D eigenvalue weighted by Crippen LogP contribution is -2.21. The number of thiophene rings is 1. The molecule has 0 fully saturated rings. The second-order valence-electron chi connectivity index (χ2n) is 5.68. The van der Waals surface area contributed by atoms with Crippen molar-refractivity contribution >= 4 is 39.3 Å². The van der Waals surface area contributed by atoms with E-state index in [1.165, 1.54) is 22.2 Å². The summed E-state index contributed by atoms with van der Waals surface area (Å²) in [6.07, 6.45) is 2.29. The Kier molecular flexibility index (Phi) is 5.81. The van der Waals surface area contributed by atoms with E-state index in [9.17, 15) is 4.79 Å². The zero-order chi connectivity index (χ0) is 16.3. The molecule has 4 nitrogen and oxygen atoms in total. The van der Waals surface area contributed by atoms with Gasteiger partial charge in [0.25, 0.3) is 0 Å². The number of carbonyl (C=O) groups excluding carboxylic acids is 1. The molecule has 22 heavy (non-hydrogen) atoms. The monoisotopic (exact) mass is 338 g/mol. The summed E-state index contributed by atoms with van der Waals surface area (Å²) >= 11 is 3.16. The topological polar surface area (TPSA) is 52.1 Å². The van der Waals surface area contributed by atoms with Crippen molar-refractivity contribution in [1.82, 2.24) is 9.97 Å². The molecule has 0 aromatic carbocycles. The highest BCUT2D eigenvalue weighted by molar-refractivity contribution is 8.00. The molecule has 0 saturated carbocycles. The second kappa shape index (κ2) is 7.42. The molecule has 0 aliphatic heterocycles. The summed E-state index contributed by atoms with van der Waals surface area (Å²) in [4.78, 5) is 23.2. The number of ether oxygens (including phenoxy) is 1. The highest BCUT2D eigenvalue weighted by Gasteiger charge is 2.23. The Morgan fingerprint density at radius 3 is 2.73 bits per heavy atom. The quantitative estimate of drug-likeness (QED) is 0.444. The Balaban J connectivity index is 2.23. The van der Waals surface area contributed by atoms with Crippen LogP contribution >= 0.6 is 23.1 Å². The first-order chi connectivity index (χ1) is 10.4. The first-order valence-electron chi connectivity index (χ1n) is 7.48. The maximum atomic E-state index is 12.2. The van der Waals surface area contributed by atoms with Crippen LogP contribution in [0.25, 0.3) is 10.2 Å². The Morgan fingerprint density at radius 1 is 1.36 bits per heavy atom. The van der Waals surface area contributed by atoms with E-state index >= 15 is 0 Å². The number of hydrogen-bond donors (Lipinski definition) is 0. The van der Waals surface area contributed by atoms with Gasteiger partial charge in [0.15, 0.2) is 0 Å². The number of rotatable bonds is 6. The van der Waals surface area contributed by atoms with Crippen LogP contribution in [-0.4, -0.2) is 27.8 Å². The average Bonchev–Trinajstić information content (AvgIpc) is 2.78. The molecule has 2 aromatic heterocycles. The molecule has 2 aromatic rings. The third-order valence-corrected chi connectivity index (χ3v) is 5.84. The molecule has 0 aliphatic carbocycles.